The van der Waals surface area contributed by atoms with Crippen molar-refractivity contribution in [3.63, 3.8) is 0 Å². The Morgan fingerprint density at radius 2 is 2.05 bits per heavy atom. The lowest BCUT2D eigenvalue weighted by Gasteiger charge is -2.42. The first-order chi connectivity index (χ1) is 9.87. The van der Waals surface area contributed by atoms with Crippen LogP contribution >= 0.6 is 0 Å². The fourth-order valence-electron chi connectivity index (χ4n) is 2.56. The number of rotatable bonds is 4. The summed E-state index contributed by atoms with van der Waals surface area (Å²) in [5.74, 6) is 2.46. The quantitative estimate of drug-likeness (QED) is 0.882. The van der Waals surface area contributed by atoms with Crippen molar-refractivity contribution in [1.29, 1.82) is 0 Å². The summed E-state index contributed by atoms with van der Waals surface area (Å²) in [4.78, 5) is 23.3. The Hall–Kier alpha value is -1.85. The van der Waals surface area contributed by atoms with Gasteiger partial charge in [-0.3, -0.25) is 4.79 Å². The molecule has 1 aliphatic rings. The van der Waals surface area contributed by atoms with Crippen LogP contribution in [-0.2, 0) is 4.79 Å². The summed E-state index contributed by atoms with van der Waals surface area (Å²) >= 11 is 0. The van der Waals surface area contributed by atoms with Gasteiger partial charge in [-0.1, -0.05) is 6.92 Å². The van der Waals surface area contributed by atoms with Gasteiger partial charge < -0.3 is 15.5 Å². The van der Waals surface area contributed by atoms with Gasteiger partial charge in [0.1, 0.15) is 23.0 Å². The van der Waals surface area contributed by atoms with E-state index >= 15 is 0 Å². The number of carbonyl (C=O) groups is 1. The molecule has 0 aliphatic carbocycles. The maximum atomic E-state index is 12.1. The van der Waals surface area contributed by atoms with Crippen LogP contribution < -0.4 is 15.5 Å². The SMILES string of the molecule is CCCNc1nc(C)nc(N2CCNC(=O)C2(C)C)c1C. The number of anilines is 2. The number of piperazine rings is 1. The van der Waals surface area contributed by atoms with Crippen LogP contribution in [0.4, 0.5) is 11.6 Å². The van der Waals surface area contributed by atoms with Crippen molar-refractivity contribution in [2.24, 2.45) is 0 Å². The second kappa shape index (κ2) is 5.87. The monoisotopic (exact) mass is 291 g/mol. The largest absolute Gasteiger partial charge is 0.370 e. The summed E-state index contributed by atoms with van der Waals surface area (Å²) in [5.41, 5.74) is 0.392. The summed E-state index contributed by atoms with van der Waals surface area (Å²) in [7, 11) is 0. The fourth-order valence-corrected chi connectivity index (χ4v) is 2.56. The lowest BCUT2D eigenvalue weighted by Crippen LogP contribution is -2.62. The molecule has 0 aromatic carbocycles. The molecule has 6 nitrogen and oxygen atoms in total. The molecule has 2 rings (SSSR count). The van der Waals surface area contributed by atoms with Crippen LogP contribution in [0.25, 0.3) is 0 Å². The minimum atomic E-state index is -0.605. The number of hydrogen-bond donors (Lipinski definition) is 2. The molecular weight excluding hydrogens is 266 g/mol. The third-order valence-electron chi connectivity index (χ3n) is 3.88. The highest BCUT2D eigenvalue weighted by Gasteiger charge is 2.39. The van der Waals surface area contributed by atoms with E-state index in [1.54, 1.807) is 0 Å². The van der Waals surface area contributed by atoms with Gasteiger partial charge in [0.2, 0.25) is 5.91 Å². The Labute approximate surface area is 126 Å². The van der Waals surface area contributed by atoms with Crippen LogP contribution in [0.5, 0.6) is 0 Å². The number of nitrogens with one attached hydrogen (secondary N) is 2. The van der Waals surface area contributed by atoms with E-state index in [1.165, 1.54) is 0 Å². The number of aromatic nitrogens is 2. The molecule has 0 radical (unpaired) electrons. The molecule has 2 N–H and O–H groups in total. The van der Waals surface area contributed by atoms with Crippen molar-refractivity contribution < 1.29 is 4.79 Å². The van der Waals surface area contributed by atoms with Crippen LogP contribution in [-0.4, -0.2) is 41.0 Å². The van der Waals surface area contributed by atoms with Gasteiger partial charge in [0.15, 0.2) is 0 Å². The predicted octanol–water partition coefficient (Wildman–Crippen LogP) is 1.63. The third-order valence-corrected chi connectivity index (χ3v) is 3.88. The average Bonchev–Trinajstić information content (AvgIpc) is 2.42. The van der Waals surface area contributed by atoms with Gasteiger partial charge in [0.05, 0.1) is 0 Å². The number of amides is 1. The molecule has 2 heterocycles. The molecule has 1 amide bonds. The Morgan fingerprint density at radius 3 is 2.71 bits per heavy atom. The topological polar surface area (TPSA) is 70.2 Å². The first-order valence-corrected chi connectivity index (χ1v) is 7.53. The fraction of sp³-hybridized carbons (Fsp3) is 0.667. The van der Waals surface area contributed by atoms with Gasteiger partial charge in [-0.25, -0.2) is 9.97 Å². The van der Waals surface area contributed by atoms with Crippen molar-refractivity contribution in [3.05, 3.63) is 11.4 Å². The highest BCUT2D eigenvalue weighted by molar-refractivity contribution is 5.90. The first-order valence-electron chi connectivity index (χ1n) is 7.53. The molecule has 0 unspecified atom stereocenters. The standard InChI is InChI=1S/C15H25N5O/c1-6-7-16-12-10(2)13(19-11(3)18-12)20-9-8-17-14(21)15(20,4)5/h6-9H2,1-5H3,(H,17,21)(H,16,18,19). The molecule has 1 aliphatic heterocycles. The van der Waals surface area contributed by atoms with Crippen molar-refractivity contribution in [2.45, 2.75) is 46.6 Å². The first kappa shape index (κ1) is 15.5. The molecule has 116 valence electrons. The van der Waals surface area contributed by atoms with Crippen molar-refractivity contribution in [2.75, 3.05) is 29.9 Å². The van der Waals surface area contributed by atoms with Gasteiger partial charge in [0, 0.05) is 25.2 Å². The summed E-state index contributed by atoms with van der Waals surface area (Å²) in [6.07, 6.45) is 1.04. The minimum absolute atomic E-state index is 0.0347. The van der Waals surface area contributed by atoms with E-state index in [4.69, 9.17) is 0 Å². The van der Waals surface area contributed by atoms with E-state index in [1.807, 2.05) is 27.7 Å². The third kappa shape index (κ3) is 2.94. The molecule has 1 aromatic heterocycles. The Bertz CT molecular complexity index is 541. The van der Waals surface area contributed by atoms with Crippen LogP contribution in [0.2, 0.25) is 0 Å². The summed E-state index contributed by atoms with van der Waals surface area (Å²) in [5, 5.41) is 6.26. The van der Waals surface area contributed by atoms with E-state index in [-0.39, 0.29) is 5.91 Å². The lowest BCUT2D eigenvalue weighted by atomic mass is 9.98. The smallest absolute Gasteiger partial charge is 0.245 e. The van der Waals surface area contributed by atoms with Crippen molar-refractivity contribution >= 4 is 17.5 Å². The van der Waals surface area contributed by atoms with Crippen LogP contribution in [0, 0.1) is 13.8 Å². The normalized spacial score (nSPS) is 17.6. The average molecular weight is 291 g/mol. The minimum Gasteiger partial charge on any atom is -0.370 e. The second-order valence-corrected chi connectivity index (χ2v) is 5.96. The molecule has 1 fully saturated rings. The number of aryl methyl sites for hydroxylation is 1. The van der Waals surface area contributed by atoms with Crippen molar-refractivity contribution in [1.82, 2.24) is 15.3 Å². The van der Waals surface area contributed by atoms with Crippen LogP contribution in [0.15, 0.2) is 0 Å². The van der Waals surface area contributed by atoms with E-state index in [0.29, 0.717) is 6.54 Å². The summed E-state index contributed by atoms with van der Waals surface area (Å²) in [6, 6.07) is 0. The lowest BCUT2D eigenvalue weighted by molar-refractivity contribution is -0.126. The predicted molar refractivity (Wildman–Crippen MR) is 84.7 cm³/mol. The molecule has 0 bridgehead atoms. The highest BCUT2D eigenvalue weighted by Crippen LogP contribution is 2.30. The van der Waals surface area contributed by atoms with E-state index < -0.39 is 5.54 Å². The van der Waals surface area contributed by atoms with E-state index in [0.717, 1.165) is 42.5 Å². The Morgan fingerprint density at radius 1 is 1.33 bits per heavy atom. The van der Waals surface area contributed by atoms with Gasteiger partial charge in [-0.15, -0.1) is 0 Å². The van der Waals surface area contributed by atoms with Gasteiger partial charge >= 0.3 is 0 Å². The molecular formula is C15H25N5O. The molecule has 0 atom stereocenters. The zero-order valence-electron chi connectivity index (χ0n) is 13.6. The zero-order chi connectivity index (χ0) is 15.6. The molecule has 1 saturated heterocycles. The second-order valence-electron chi connectivity index (χ2n) is 5.96. The number of carbonyl (C=O) groups excluding carboxylic acids is 1. The zero-order valence-corrected chi connectivity index (χ0v) is 13.6. The number of hydrogen-bond acceptors (Lipinski definition) is 5. The van der Waals surface area contributed by atoms with Gasteiger partial charge in [-0.05, 0) is 34.1 Å². The summed E-state index contributed by atoms with van der Waals surface area (Å²) in [6.45, 7) is 12.1. The maximum absolute atomic E-state index is 12.1. The molecule has 1 aromatic rings. The summed E-state index contributed by atoms with van der Waals surface area (Å²) < 4.78 is 0. The number of nitrogens with zero attached hydrogens (tertiary/aromatic N) is 3. The molecule has 21 heavy (non-hydrogen) atoms. The molecule has 0 spiro atoms. The maximum Gasteiger partial charge on any atom is 0.245 e. The van der Waals surface area contributed by atoms with Gasteiger partial charge in [-0.2, -0.15) is 0 Å². The van der Waals surface area contributed by atoms with Gasteiger partial charge in [0.25, 0.3) is 0 Å². The molecule has 6 heteroatoms. The Kier molecular flexibility index (Phi) is 4.34. The van der Waals surface area contributed by atoms with E-state index in [2.05, 4.69) is 32.4 Å². The molecule has 0 saturated carbocycles. The van der Waals surface area contributed by atoms with Crippen LogP contribution in [0.3, 0.4) is 0 Å². The Balaban J connectivity index is 2.43. The van der Waals surface area contributed by atoms with E-state index in [9.17, 15) is 4.79 Å². The highest BCUT2D eigenvalue weighted by atomic mass is 16.2. The van der Waals surface area contributed by atoms with Crippen molar-refractivity contribution in [3.8, 4) is 0 Å². The van der Waals surface area contributed by atoms with Crippen LogP contribution in [0.1, 0.15) is 38.6 Å².